The van der Waals surface area contributed by atoms with Crippen LogP contribution in [0.2, 0.25) is 0 Å². The first-order chi connectivity index (χ1) is 10.2. The zero-order chi connectivity index (χ0) is 15.2. The Bertz CT molecular complexity index is 578. The van der Waals surface area contributed by atoms with Crippen molar-refractivity contribution in [1.29, 1.82) is 0 Å². The first-order valence-corrected chi connectivity index (χ1v) is 7.25. The number of aromatic nitrogens is 1. The molecule has 3 N–H and O–H groups in total. The van der Waals surface area contributed by atoms with Crippen molar-refractivity contribution in [1.82, 2.24) is 10.3 Å². The molecule has 1 aromatic heterocycles. The lowest BCUT2D eigenvalue weighted by Gasteiger charge is -2.23. The molecule has 2 rings (SSSR count). The van der Waals surface area contributed by atoms with E-state index < -0.39 is 0 Å². The van der Waals surface area contributed by atoms with E-state index in [9.17, 15) is 0 Å². The van der Waals surface area contributed by atoms with Gasteiger partial charge in [-0.2, -0.15) is 0 Å². The first-order valence-electron chi connectivity index (χ1n) is 7.25. The maximum absolute atomic E-state index is 6.12. The Labute approximate surface area is 126 Å². The summed E-state index contributed by atoms with van der Waals surface area (Å²) in [6.07, 6.45) is 2.80. The van der Waals surface area contributed by atoms with Gasteiger partial charge in [0.05, 0.1) is 13.2 Å². The number of pyridine rings is 1. The van der Waals surface area contributed by atoms with E-state index in [1.165, 1.54) is 0 Å². The molecule has 1 atom stereocenters. The van der Waals surface area contributed by atoms with Gasteiger partial charge in [-0.1, -0.05) is 19.1 Å². The van der Waals surface area contributed by atoms with E-state index in [2.05, 4.69) is 30.2 Å². The molecule has 2 aromatic rings. The van der Waals surface area contributed by atoms with Crippen molar-refractivity contribution in [2.75, 3.05) is 19.4 Å². The Morgan fingerprint density at radius 1 is 1.33 bits per heavy atom. The van der Waals surface area contributed by atoms with Crippen LogP contribution in [0.4, 0.5) is 5.82 Å². The van der Waals surface area contributed by atoms with Crippen molar-refractivity contribution in [2.45, 2.75) is 26.3 Å². The van der Waals surface area contributed by atoms with Crippen molar-refractivity contribution in [3.63, 3.8) is 0 Å². The molecule has 0 saturated heterocycles. The van der Waals surface area contributed by atoms with Gasteiger partial charge >= 0.3 is 0 Å². The van der Waals surface area contributed by atoms with Gasteiger partial charge in [-0.25, -0.2) is 4.98 Å². The second-order valence-corrected chi connectivity index (χ2v) is 5.09. The summed E-state index contributed by atoms with van der Waals surface area (Å²) < 4.78 is 5.33. The predicted molar refractivity (Wildman–Crippen MR) is 86.5 cm³/mol. The second kappa shape index (κ2) is 7.09. The third-order valence-corrected chi connectivity index (χ3v) is 3.55. The number of hydrogen-bond donors (Lipinski definition) is 2. The van der Waals surface area contributed by atoms with E-state index in [4.69, 9.17) is 10.5 Å². The standard InChI is InChI=1S/C17H23N3O/c1-4-9-19-16(13-6-5-7-14(11-13)21-3)15-12(2)8-10-20-17(15)18/h5-8,10-11,16,19H,4,9H2,1-3H3,(H2,18,20). The maximum atomic E-state index is 6.12. The van der Waals surface area contributed by atoms with Crippen LogP contribution in [0.15, 0.2) is 36.5 Å². The summed E-state index contributed by atoms with van der Waals surface area (Å²) in [4.78, 5) is 4.24. The van der Waals surface area contributed by atoms with Crippen LogP contribution in [0.1, 0.15) is 36.1 Å². The summed E-state index contributed by atoms with van der Waals surface area (Å²) in [5.41, 5.74) is 9.43. The molecule has 1 aromatic carbocycles. The summed E-state index contributed by atoms with van der Waals surface area (Å²) in [7, 11) is 1.68. The van der Waals surface area contributed by atoms with Crippen LogP contribution >= 0.6 is 0 Å². The number of aryl methyl sites for hydroxylation is 1. The lowest BCUT2D eigenvalue weighted by molar-refractivity contribution is 0.413. The van der Waals surface area contributed by atoms with Gasteiger partial charge in [0, 0.05) is 11.8 Å². The molecule has 1 unspecified atom stereocenters. The fraction of sp³-hybridized carbons (Fsp3) is 0.353. The van der Waals surface area contributed by atoms with Crippen LogP contribution in [-0.2, 0) is 0 Å². The summed E-state index contributed by atoms with van der Waals surface area (Å²) >= 11 is 0. The molecular weight excluding hydrogens is 262 g/mol. The average molecular weight is 285 g/mol. The number of hydrogen-bond acceptors (Lipinski definition) is 4. The normalized spacial score (nSPS) is 12.1. The van der Waals surface area contributed by atoms with Crippen molar-refractivity contribution < 1.29 is 4.74 Å². The smallest absolute Gasteiger partial charge is 0.128 e. The highest BCUT2D eigenvalue weighted by Crippen LogP contribution is 2.30. The number of nitrogens with one attached hydrogen (secondary N) is 1. The van der Waals surface area contributed by atoms with Crippen molar-refractivity contribution >= 4 is 5.82 Å². The van der Waals surface area contributed by atoms with Gasteiger partial charge in [0.25, 0.3) is 0 Å². The third kappa shape index (κ3) is 3.52. The van der Waals surface area contributed by atoms with Crippen LogP contribution in [-0.4, -0.2) is 18.6 Å². The predicted octanol–water partition coefficient (Wildman–Crippen LogP) is 3.07. The van der Waals surface area contributed by atoms with Gasteiger partial charge in [0.15, 0.2) is 0 Å². The number of methoxy groups -OCH3 is 1. The molecule has 0 spiro atoms. The fourth-order valence-electron chi connectivity index (χ4n) is 2.46. The fourth-order valence-corrected chi connectivity index (χ4v) is 2.46. The lowest BCUT2D eigenvalue weighted by atomic mass is 9.95. The van der Waals surface area contributed by atoms with Crippen LogP contribution in [0, 0.1) is 6.92 Å². The van der Waals surface area contributed by atoms with Gasteiger partial charge < -0.3 is 15.8 Å². The van der Waals surface area contributed by atoms with E-state index in [1.807, 2.05) is 24.3 Å². The minimum Gasteiger partial charge on any atom is -0.497 e. The van der Waals surface area contributed by atoms with Crippen LogP contribution in [0.3, 0.4) is 0 Å². The highest BCUT2D eigenvalue weighted by atomic mass is 16.5. The number of nitrogen functional groups attached to an aromatic ring is 1. The van der Waals surface area contributed by atoms with Gasteiger partial charge in [0.2, 0.25) is 0 Å². The van der Waals surface area contributed by atoms with Crippen molar-refractivity contribution in [3.05, 3.63) is 53.2 Å². The molecule has 0 amide bonds. The summed E-state index contributed by atoms with van der Waals surface area (Å²) in [6, 6.07) is 10.1. The Morgan fingerprint density at radius 3 is 2.81 bits per heavy atom. The zero-order valence-corrected chi connectivity index (χ0v) is 12.9. The molecule has 0 aliphatic carbocycles. The molecule has 21 heavy (non-hydrogen) atoms. The molecular formula is C17H23N3O. The molecule has 1 heterocycles. The topological polar surface area (TPSA) is 60.2 Å². The van der Waals surface area contributed by atoms with E-state index in [-0.39, 0.29) is 6.04 Å². The number of ether oxygens (including phenoxy) is 1. The number of benzene rings is 1. The first kappa shape index (κ1) is 15.3. The number of nitrogens with zero attached hydrogens (tertiary/aromatic N) is 1. The van der Waals surface area contributed by atoms with Crippen LogP contribution < -0.4 is 15.8 Å². The van der Waals surface area contributed by atoms with Gasteiger partial charge in [-0.05, 0) is 49.2 Å². The van der Waals surface area contributed by atoms with Crippen molar-refractivity contribution in [2.24, 2.45) is 0 Å². The second-order valence-electron chi connectivity index (χ2n) is 5.09. The Morgan fingerprint density at radius 2 is 2.14 bits per heavy atom. The molecule has 112 valence electrons. The molecule has 4 nitrogen and oxygen atoms in total. The van der Waals surface area contributed by atoms with Gasteiger partial charge in [0.1, 0.15) is 11.6 Å². The summed E-state index contributed by atoms with van der Waals surface area (Å²) in [6.45, 7) is 5.12. The molecule has 0 bridgehead atoms. The van der Waals surface area contributed by atoms with E-state index in [1.54, 1.807) is 13.3 Å². The molecule has 0 aliphatic heterocycles. The summed E-state index contributed by atoms with van der Waals surface area (Å²) in [5, 5.41) is 3.56. The largest absolute Gasteiger partial charge is 0.497 e. The SMILES string of the molecule is CCCNC(c1cccc(OC)c1)c1c(C)ccnc1N. The molecule has 0 aliphatic rings. The molecule has 0 radical (unpaired) electrons. The number of rotatable bonds is 6. The van der Waals surface area contributed by atoms with Crippen LogP contribution in [0.25, 0.3) is 0 Å². The Kier molecular flexibility index (Phi) is 5.17. The minimum atomic E-state index is 0.0220. The van der Waals surface area contributed by atoms with E-state index in [0.29, 0.717) is 5.82 Å². The maximum Gasteiger partial charge on any atom is 0.128 e. The zero-order valence-electron chi connectivity index (χ0n) is 12.9. The van der Waals surface area contributed by atoms with Gasteiger partial charge in [-0.3, -0.25) is 0 Å². The highest BCUT2D eigenvalue weighted by molar-refractivity contribution is 5.50. The highest BCUT2D eigenvalue weighted by Gasteiger charge is 2.19. The van der Waals surface area contributed by atoms with E-state index in [0.717, 1.165) is 35.4 Å². The summed E-state index contributed by atoms with van der Waals surface area (Å²) in [5.74, 6) is 1.42. The van der Waals surface area contributed by atoms with Crippen LogP contribution in [0.5, 0.6) is 5.75 Å². The van der Waals surface area contributed by atoms with Gasteiger partial charge in [-0.15, -0.1) is 0 Å². The molecule has 0 fully saturated rings. The molecule has 0 saturated carbocycles. The Balaban J connectivity index is 2.47. The Hall–Kier alpha value is -2.07. The number of anilines is 1. The molecule has 4 heteroatoms. The minimum absolute atomic E-state index is 0.0220. The average Bonchev–Trinajstić information content (AvgIpc) is 2.50. The van der Waals surface area contributed by atoms with Crippen molar-refractivity contribution in [3.8, 4) is 5.75 Å². The monoisotopic (exact) mass is 285 g/mol. The number of nitrogens with two attached hydrogens (primary N) is 1. The third-order valence-electron chi connectivity index (χ3n) is 3.55. The quantitative estimate of drug-likeness (QED) is 0.856. The van der Waals surface area contributed by atoms with E-state index >= 15 is 0 Å². The lowest BCUT2D eigenvalue weighted by Crippen LogP contribution is -2.25.